The maximum absolute atomic E-state index is 10.6. The van der Waals surface area contributed by atoms with Crippen LogP contribution < -0.4 is 10.6 Å². The number of nitrogens with one attached hydrogen (secondary N) is 2. The van der Waals surface area contributed by atoms with Crippen LogP contribution in [0, 0.1) is 32.6 Å². The summed E-state index contributed by atoms with van der Waals surface area (Å²) in [4.78, 5) is 20.3. The van der Waals surface area contributed by atoms with Crippen LogP contribution in [0.4, 0.5) is 11.4 Å². The molecule has 0 fully saturated rings. The van der Waals surface area contributed by atoms with Gasteiger partial charge < -0.3 is 10.6 Å². The fourth-order valence-corrected chi connectivity index (χ4v) is 2.10. The zero-order chi connectivity index (χ0) is 19.2. The van der Waals surface area contributed by atoms with Crippen LogP contribution in [-0.4, -0.2) is 29.5 Å². The van der Waals surface area contributed by atoms with Gasteiger partial charge >= 0.3 is 0 Å². The van der Waals surface area contributed by atoms with Crippen molar-refractivity contribution >= 4 is 11.4 Å². The minimum Gasteiger partial charge on any atom is -0.385 e. The molecule has 0 unspecified atom stereocenters. The summed E-state index contributed by atoms with van der Waals surface area (Å²) in [5.41, 5.74) is 0.836. The number of nitrogens with zero attached hydrogens (tertiary/aromatic N) is 2. The molecule has 138 valence electrons. The van der Waals surface area contributed by atoms with Crippen LogP contribution >= 0.6 is 0 Å². The second-order valence-electron chi connectivity index (χ2n) is 5.39. The van der Waals surface area contributed by atoms with E-state index < -0.39 is 9.85 Å². The molecule has 1 rings (SSSR count). The lowest BCUT2D eigenvalue weighted by Crippen LogP contribution is -2.15. The molecule has 26 heavy (non-hydrogen) atoms. The number of unbranched alkanes of at least 4 members (excludes halogenated alkanes) is 2. The van der Waals surface area contributed by atoms with Gasteiger partial charge in [0.1, 0.15) is 0 Å². The molecule has 0 saturated carbocycles. The Morgan fingerprint density at radius 2 is 1.81 bits per heavy atom. The number of nitro groups is 2. The molecule has 0 atom stereocenters. The molecule has 8 heteroatoms. The number of rotatable bonds is 12. The molecule has 0 heterocycles. The van der Waals surface area contributed by atoms with Crippen LogP contribution in [0.5, 0.6) is 0 Å². The topological polar surface area (TPSA) is 110 Å². The van der Waals surface area contributed by atoms with Crippen molar-refractivity contribution in [2.24, 2.45) is 0 Å². The van der Waals surface area contributed by atoms with Crippen molar-refractivity contribution in [3.63, 3.8) is 0 Å². The molecule has 0 aliphatic carbocycles. The van der Waals surface area contributed by atoms with E-state index in [1.54, 1.807) is 18.2 Å². The van der Waals surface area contributed by atoms with Gasteiger partial charge in [-0.3, -0.25) is 20.2 Å². The van der Waals surface area contributed by atoms with E-state index in [1.807, 2.05) is 0 Å². The second kappa shape index (κ2) is 12.2. The summed E-state index contributed by atoms with van der Waals surface area (Å²) in [6, 6.07) is 6.34. The number of anilines is 1. The summed E-state index contributed by atoms with van der Waals surface area (Å²) < 4.78 is 0. The van der Waals surface area contributed by atoms with Crippen molar-refractivity contribution in [2.75, 3.05) is 25.0 Å². The second-order valence-corrected chi connectivity index (χ2v) is 5.39. The van der Waals surface area contributed by atoms with E-state index in [1.165, 1.54) is 18.2 Å². The van der Waals surface area contributed by atoms with Gasteiger partial charge in [0.25, 0.3) is 11.4 Å². The minimum atomic E-state index is -0.520. The Morgan fingerprint density at radius 3 is 2.42 bits per heavy atom. The van der Waals surface area contributed by atoms with Crippen LogP contribution in [0.1, 0.15) is 19.3 Å². The highest BCUT2D eigenvalue weighted by Crippen LogP contribution is 2.15. The molecular weight excluding hydrogens is 336 g/mol. The lowest BCUT2D eigenvalue weighted by atomic mass is 10.2. The van der Waals surface area contributed by atoms with Crippen molar-refractivity contribution in [3.8, 4) is 12.3 Å². The molecule has 0 spiro atoms. The Balaban J connectivity index is 2.07. The smallest absolute Gasteiger partial charge is 0.277 e. The van der Waals surface area contributed by atoms with Crippen LogP contribution in [0.2, 0.25) is 0 Å². The monoisotopic (exact) mass is 358 g/mol. The lowest BCUT2D eigenvalue weighted by molar-refractivity contribution is -0.418. The summed E-state index contributed by atoms with van der Waals surface area (Å²) in [6.07, 6.45) is 12.2. The van der Waals surface area contributed by atoms with Crippen molar-refractivity contribution in [1.29, 1.82) is 0 Å². The zero-order valence-electron chi connectivity index (χ0n) is 14.4. The maximum Gasteiger partial charge on any atom is 0.277 e. The van der Waals surface area contributed by atoms with Gasteiger partial charge in [-0.25, -0.2) is 0 Å². The molecule has 1 aromatic carbocycles. The quantitative estimate of drug-likeness (QED) is 0.195. The standard InChI is InChI=1S/C18H22N4O4/c1-2-7-17(21(23)24)8-6-14-19-13-4-3-5-15-20-16-9-11-18(12-10-16)22(25)26/h1,6-12,19-20H,3-5,13-15H2/b8-6-,17-7+. The molecule has 0 radical (unpaired) electrons. The Morgan fingerprint density at radius 1 is 1.12 bits per heavy atom. The van der Waals surface area contributed by atoms with Gasteiger partial charge in [-0.15, -0.1) is 6.42 Å². The molecule has 0 aliphatic rings. The Bertz CT molecular complexity index is 690. The largest absolute Gasteiger partial charge is 0.385 e. The van der Waals surface area contributed by atoms with Gasteiger partial charge in [0.15, 0.2) is 0 Å². The van der Waals surface area contributed by atoms with Gasteiger partial charge in [0, 0.05) is 37.0 Å². The first-order valence-corrected chi connectivity index (χ1v) is 8.21. The number of nitro benzene ring substituents is 1. The normalized spacial score (nSPS) is 11.3. The molecule has 0 saturated heterocycles. The molecular formula is C18H22N4O4. The summed E-state index contributed by atoms with van der Waals surface area (Å²) >= 11 is 0. The van der Waals surface area contributed by atoms with Crippen LogP contribution in [-0.2, 0) is 0 Å². The number of terminal acetylenes is 1. The van der Waals surface area contributed by atoms with Crippen molar-refractivity contribution in [3.05, 3.63) is 68.4 Å². The molecule has 0 aliphatic heterocycles. The zero-order valence-corrected chi connectivity index (χ0v) is 14.4. The highest BCUT2D eigenvalue weighted by molar-refractivity contribution is 5.48. The summed E-state index contributed by atoms with van der Waals surface area (Å²) in [7, 11) is 0. The molecule has 0 aromatic heterocycles. The van der Waals surface area contributed by atoms with E-state index in [4.69, 9.17) is 6.42 Å². The first-order chi connectivity index (χ1) is 12.5. The van der Waals surface area contributed by atoms with Crippen LogP contribution in [0.15, 0.2) is 48.2 Å². The van der Waals surface area contributed by atoms with Gasteiger partial charge in [0.05, 0.1) is 15.9 Å². The molecule has 2 N–H and O–H groups in total. The first kappa shape index (κ1) is 20.9. The number of benzene rings is 1. The predicted molar refractivity (Wildman–Crippen MR) is 101 cm³/mol. The molecule has 8 nitrogen and oxygen atoms in total. The van der Waals surface area contributed by atoms with E-state index in [0.29, 0.717) is 6.54 Å². The first-order valence-electron chi connectivity index (χ1n) is 8.21. The van der Waals surface area contributed by atoms with Crippen LogP contribution in [0.25, 0.3) is 0 Å². The average Bonchev–Trinajstić information content (AvgIpc) is 2.62. The highest BCUT2D eigenvalue weighted by Gasteiger charge is 2.03. The Hall–Kier alpha value is -3.18. The van der Waals surface area contributed by atoms with E-state index >= 15 is 0 Å². The van der Waals surface area contributed by atoms with E-state index in [0.717, 1.165) is 44.1 Å². The fraction of sp³-hybridized carbons (Fsp3) is 0.333. The fourth-order valence-electron chi connectivity index (χ4n) is 2.10. The van der Waals surface area contributed by atoms with Gasteiger partial charge in [-0.1, -0.05) is 18.4 Å². The van der Waals surface area contributed by atoms with E-state index in [2.05, 4.69) is 16.6 Å². The Labute approximate surface area is 152 Å². The van der Waals surface area contributed by atoms with Crippen LogP contribution in [0.3, 0.4) is 0 Å². The molecule has 0 amide bonds. The average molecular weight is 358 g/mol. The third-order valence-electron chi connectivity index (χ3n) is 3.43. The SMILES string of the molecule is C#C/C=C(\C=C/CNCCCCCNc1ccc([N+](=O)[O-])cc1)[N+](=O)[O-]. The molecule has 1 aromatic rings. The molecule has 0 bridgehead atoms. The van der Waals surface area contributed by atoms with Crippen molar-refractivity contribution in [1.82, 2.24) is 5.32 Å². The maximum atomic E-state index is 10.6. The van der Waals surface area contributed by atoms with E-state index in [9.17, 15) is 20.2 Å². The van der Waals surface area contributed by atoms with Crippen molar-refractivity contribution in [2.45, 2.75) is 19.3 Å². The Kier molecular flexibility index (Phi) is 9.81. The minimum absolute atomic E-state index is 0.0794. The number of hydrogen-bond acceptors (Lipinski definition) is 6. The predicted octanol–water partition coefficient (Wildman–Crippen LogP) is 3.12. The summed E-state index contributed by atoms with van der Waals surface area (Å²) in [5.74, 6) is 2.14. The van der Waals surface area contributed by atoms with Gasteiger partial charge in [-0.05, 0) is 31.5 Å². The third-order valence-corrected chi connectivity index (χ3v) is 3.43. The number of allylic oxidation sites excluding steroid dienone is 2. The third kappa shape index (κ3) is 8.61. The summed E-state index contributed by atoms with van der Waals surface area (Å²) in [5, 5.41) is 27.6. The number of hydrogen-bond donors (Lipinski definition) is 2. The summed E-state index contributed by atoms with van der Waals surface area (Å²) in [6.45, 7) is 2.14. The van der Waals surface area contributed by atoms with Gasteiger partial charge in [0.2, 0.25) is 0 Å². The van der Waals surface area contributed by atoms with E-state index in [-0.39, 0.29) is 11.4 Å². The van der Waals surface area contributed by atoms with Crippen molar-refractivity contribution < 1.29 is 9.85 Å². The highest BCUT2D eigenvalue weighted by atomic mass is 16.6. The van der Waals surface area contributed by atoms with Gasteiger partial charge in [-0.2, -0.15) is 0 Å². The lowest BCUT2D eigenvalue weighted by Gasteiger charge is -2.06. The number of non-ortho nitro benzene ring substituents is 1.